The standard InChI is InChI=1S/C19H27N/c1-4-6-7-12-19(20-5-2)18-14-13-15(3)16-10-8-9-11-17(16)18/h8-11,13-14,19-20H,4-7,12H2,1-3H3. The minimum absolute atomic E-state index is 0.483. The summed E-state index contributed by atoms with van der Waals surface area (Å²) in [6.07, 6.45) is 5.14. The molecule has 0 aromatic heterocycles. The van der Waals surface area contributed by atoms with Gasteiger partial charge in [-0.15, -0.1) is 0 Å². The molecule has 1 unspecified atom stereocenters. The van der Waals surface area contributed by atoms with Crippen LogP contribution in [0.5, 0.6) is 0 Å². The Kier molecular flexibility index (Phi) is 5.60. The minimum Gasteiger partial charge on any atom is -0.310 e. The van der Waals surface area contributed by atoms with E-state index < -0.39 is 0 Å². The smallest absolute Gasteiger partial charge is 0.0326 e. The molecule has 1 atom stereocenters. The van der Waals surface area contributed by atoms with Crippen molar-refractivity contribution in [2.45, 2.75) is 52.5 Å². The Balaban J connectivity index is 2.34. The first-order valence-electron chi connectivity index (χ1n) is 7.99. The fourth-order valence-corrected chi connectivity index (χ4v) is 2.99. The van der Waals surface area contributed by atoms with Gasteiger partial charge >= 0.3 is 0 Å². The molecule has 0 aliphatic rings. The van der Waals surface area contributed by atoms with E-state index in [1.165, 1.54) is 47.6 Å². The molecule has 0 radical (unpaired) electrons. The van der Waals surface area contributed by atoms with Gasteiger partial charge in [-0.2, -0.15) is 0 Å². The van der Waals surface area contributed by atoms with Crippen molar-refractivity contribution in [1.82, 2.24) is 5.32 Å². The highest BCUT2D eigenvalue weighted by atomic mass is 14.9. The van der Waals surface area contributed by atoms with Crippen LogP contribution in [0.15, 0.2) is 36.4 Å². The fourth-order valence-electron chi connectivity index (χ4n) is 2.99. The highest BCUT2D eigenvalue weighted by Crippen LogP contribution is 2.29. The molecule has 0 aliphatic carbocycles. The van der Waals surface area contributed by atoms with Crippen LogP contribution in [-0.4, -0.2) is 6.54 Å². The van der Waals surface area contributed by atoms with Crippen molar-refractivity contribution in [2.24, 2.45) is 0 Å². The molecular formula is C19H27N. The van der Waals surface area contributed by atoms with Crippen LogP contribution >= 0.6 is 0 Å². The van der Waals surface area contributed by atoms with Crippen LogP contribution in [0.2, 0.25) is 0 Å². The number of nitrogens with one attached hydrogen (secondary N) is 1. The Morgan fingerprint density at radius 3 is 2.40 bits per heavy atom. The molecule has 2 rings (SSSR count). The quantitative estimate of drug-likeness (QED) is 0.665. The Hall–Kier alpha value is -1.34. The summed E-state index contributed by atoms with van der Waals surface area (Å²) < 4.78 is 0. The van der Waals surface area contributed by atoms with Crippen molar-refractivity contribution < 1.29 is 0 Å². The second kappa shape index (κ2) is 7.44. The van der Waals surface area contributed by atoms with Gasteiger partial charge in [-0.05, 0) is 41.8 Å². The maximum absolute atomic E-state index is 3.67. The van der Waals surface area contributed by atoms with Crippen molar-refractivity contribution in [3.05, 3.63) is 47.5 Å². The SMILES string of the molecule is CCCCCC(NCC)c1ccc(C)c2ccccc12. The predicted molar refractivity (Wildman–Crippen MR) is 89.2 cm³/mol. The van der Waals surface area contributed by atoms with E-state index in [9.17, 15) is 0 Å². The zero-order chi connectivity index (χ0) is 14.4. The van der Waals surface area contributed by atoms with E-state index in [2.05, 4.69) is 62.5 Å². The first-order chi connectivity index (χ1) is 9.77. The van der Waals surface area contributed by atoms with Gasteiger partial charge in [0, 0.05) is 6.04 Å². The molecule has 0 fully saturated rings. The van der Waals surface area contributed by atoms with Gasteiger partial charge in [-0.3, -0.25) is 0 Å². The third kappa shape index (κ3) is 3.40. The van der Waals surface area contributed by atoms with Gasteiger partial charge in [0.15, 0.2) is 0 Å². The zero-order valence-corrected chi connectivity index (χ0v) is 13.1. The summed E-state index contributed by atoms with van der Waals surface area (Å²) in [6.45, 7) is 7.69. The number of unbranched alkanes of at least 4 members (excludes halogenated alkanes) is 2. The van der Waals surface area contributed by atoms with E-state index in [0.717, 1.165) is 6.54 Å². The molecule has 1 heteroatoms. The molecule has 0 amide bonds. The number of aryl methyl sites for hydroxylation is 1. The van der Waals surface area contributed by atoms with Crippen molar-refractivity contribution in [3.8, 4) is 0 Å². The summed E-state index contributed by atoms with van der Waals surface area (Å²) in [5, 5.41) is 6.47. The van der Waals surface area contributed by atoms with Crippen LogP contribution in [-0.2, 0) is 0 Å². The number of fused-ring (bicyclic) bond motifs is 1. The number of hydrogen-bond donors (Lipinski definition) is 1. The van der Waals surface area contributed by atoms with E-state index in [1.54, 1.807) is 0 Å². The average Bonchev–Trinajstić information content (AvgIpc) is 2.48. The first kappa shape index (κ1) is 15.1. The van der Waals surface area contributed by atoms with E-state index in [0.29, 0.717) is 6.04 Å². The summed E-state index contributed by atoms with van der Waals surface area (Å²) in [5.41, 5.74) is 2.83. The molecule has 2 aromatic carbocycles. The second-order valence-corrected chi connectivity index (χ2v) is 5.62. The highest BCUT2D eigenvalue weighted by molar-refractivity contribution is 5.88. The maximum atomic E-state index is 3.67. The van der Waals surface area contributed by atoms with Gasteiger partial charge in [0.2, 0.25) is 0 Å². The molecule has 0 bridgehead atoms. The molecule has 108 valence electrons. The van der Waals surface area contributed by atoms with Gasteiger partial charge < -0.3 is 5.32 Å². The van der Waals surface area contributed by atoms with Gasteiger partial charge in [0.05, 0.1) is 0 Å². The molecule has 0 heterocycles. The summed E-state index contributed by atoms with van der Waals surface area (Å²) in [7, 11) is 0. The lowest BCUT2D eigenvalue weighted by Gasteiger charge is -2.21. The third-order valence-electron chi connectivity index (χ3n) is 4.10. The van der Waals surface area contributed by atoms with E-state index >= 15 is 0 Å². The van der Waals surface area contributed by atoms with Gasteiger partial charge in [0.1, 0.15) is 0 Å². The van der Waals surface area contributed by atoms with Crippen molar-refractivity contribution >= 4 is 10.8 Å². The summed E-state index contributed by atoms with van der Waals surface area (Å²) in [5.74, 6) is 0. The lowest BCUT2D eigenvalue weighted by atomic mass is 9.93. The van der Waals surface area contributed by atoms with Crippen molar-refractivity contribution in [3.63, 3.8) is 0 Å². The normalized spacial score (nSPS) is 12.8. The molecule has 20 heavy (non-hydrogen) atoms. The molecule has 0 saturated carbocycles. The average molecular weight is 269 g/mol. The molecule has 0 aliphatic heterocycles. The lowest BCUT2D eigenvalue weighted by molar-refractivity contribution is 0.489. The lowest BCUT2D eigenvalue weighted by Crippen LogP contribution is -2.21. The summed E-state index contributed by atoms with van der Waals surface area (Å²) >= 11 is 0. The predicted octanol–water partition coefficient (Wildman–Crippen LogP) is 5.38. The Labute approximate surface area is 123 Å². The van der Waals surface area contributed by atoms with Crippen LogP contribution in [0.4, 0.5) is 0 Å². The topological polar surface area (TPSA) is 12.0 Å². The monoisotopic (exact) mass is 269 g/mol. The maximum Gasteiger partial charge on any atom is 0.0326 e. The Morgan fingerprint density at radius 1 is 0.950 bits per heavy atom. The molecule has 0 saturated heterocycles. The summed E-state index contributed by atoms with van der Waals surface area (Å²) in [6, 6.07) is 13.9. The van der Waals surface area contributed by atoms with Crippen LogP contribution in [0.25, 0.3) is 10.8 Å². The largest absolute Gasteiger partial charge is 0.310 e. The zero-order valence-electron chi connectivity index (χ0n) is 13.1. The van der Waals surface area contributed by atoms with E-state index in [-0.39, 0.29) is 0 Å². The Morgan fingerprint density at radius 2 is 1.70 bits per heavy atom. The van der Waals surface area contributed by atoms with Gasteiger partial charge in [-0.25, -0.2) is 0 Å². The molecular weight excluding hydrogens is 242 g/mol. The number of hydrogen-bond acceptors (Lipinski definition) is 1. The first-order valence-corrected chi connectivity index (χ1v) is 7.99. The van der Waals surface area contributed by atoms with E-state index in [1.807, 2.05) is 0 Å². The molecule has 1 N–H and O–H groups in total. The Bertz CT molecular complexity index is 544. The third-order valence-corrected chi connectivity index (χ3v) is 4.10. The van der Waals surface area contributed by atoms with Crippen molar-refractivity contribution in [2.75, 3.05) is 6.54 Å². The highest BCUT2D eigenvalue weighted by Gasteiger charge is 2.13. The van der Waals surface area contributed by atoms with E-state index in [4.69, 9.17) is 0 Å². The van der Waals surface area contributed by atoms with Gasteiger partial charge in [-0.1, -0.05) is 69.5 Å². The van der Waals surface area contributed by atoms with Crippen LogP contribution < -0.4 is 5.32 Å². The molecule has 2 aromatic rings. The number of rotatable bonds is 7. The van der Waals surface area contributed by atoms with Crippen LogP contribution in [0, 0.1) is 6.92 Å². The van der Waals surface area contributed by atoms with Crippen LogP contribution in [0.3, 0.4) is 0 Å². The second-order valence-electron chi connectivity index (χ2n) is 5.62. The minimum atomic E-state index is 0.483. The summed E-state index contributed by atoms with van der Waals surface area (Å²) in [4.78, 5) is 0. The van der Waals surface area contributed by atoms with Gasteiger partial charge in [0.25, 0.3) is 0 Å². The molecule has 1 nitrogen and oxygen atoms in total. The fraction of sp³-hybridized carbons (Fsp3) is 0.474. The molecule has 0 spiro atoms. The van der Waals surface area contributed by atoms with Crippen molar-refractivity contribution in [1.29, 1.82) is 0 Å². The number of benzene rings is 2. The van der Waals surface area contributed by atoms with Crippen LogP contribution in [0.1, 0.15) is 56.7 Å².